The van der Waals surface area contributed by atoms with Crippen LogP contribution in [0.5, 0.6) is 0 Å². The molecule has 0 amide bonds. The van der Waals surface area contributed by atoms with Gasteiger partial charge in [0.2, 0.25) is 0 Å². The molecule has 0 aromatic rings. The van der Waals surface area contributed by atoms with E-state index in [4.69, 9.17) is 0 Å². The van der Waals surface area contributed by atoms with E-state index in [2.05, 4.69) is 59.4 Å². The molecule has 0 spiro atoms. The molecule has 5 heteroatoms. The van der Waals surface area contributed by atoms with Gasteiger partial charge in [0, 0.05) is 0 Å². The molecule has 38 valence electrons. The van der Waals surface area contributed by atoms with Gasteiger partial charge in [-0.3, -0.25) is 0 Å². The molecule has 0 unspecified atom stereocenters. The molecule has 0 aliphatic carbocycles. The second-order valence-corrected chi connectivity index (χ2v) is 79.1. The van der Waals surface area contributed by atoms with Crippen molar-refractivity contribution in [1.29, 1.82) is 0 Å². The van der Waals surface area contributed by atoms with E-state index >= 15 is 0 Å². The van der Waals surface area contributed by atoms with E-state index in [9.17, 15) is 0 Å². The van der Waals surface area contributed by atoms with Crippen molar-refractivity contribution in [3.05, 3.63) is 0 Å². The summed E-state index contributed by atoms with van der Waals surface area (Å²) in [5.74, 6) is 0. The zero-order chi connectivity index (χ0) is 5.21. The van der Waals surface area contributed by atoms with Gasteiger partial charge in [-0.15, -0.1) is 0 Å². The molecule has 0 saturated heterocycles. The van der Waals surface area contributed by atoms with E-state index in [0.717, 1.165) is 0 Å². The average Bonchev–Trinajstić information content (AvgIpc) is 1.35. The van der Waals surface area contributed by atoms with Crippen molar-refractivity contribution in [1.82, 2.24) is 3.54 Å². The van der Waals surface area contributed by atoms with Gasteiger partial charge in [-0.25, -0.2) is 0 Å². The molecule has 0 radical (unpaired) electrons. The average molecular weight is 529 g/mol. The van der Waals surface area contributed by atoms with Crippen molar-refractivity contribution in [2.24, 2.45) is 0 Å². The molecule has 0 saturated carbocycles. The van der Waals surface area contributed by atoms with Gasteiger partial charge in [-0.1, -0.05) is 0 Å². The SMILES string of the molecule is C[NH][Sn]([I])([I])[I]. The Morgan fingerprint density at radius 2 is 1.50 bits per heavy atom. The van der Waals surface area contributed by atoms with Crippen molar-refractivity contribution in [3.63, 3.8) is 0 Å². The Hall–Kier alpha value is 2.95. The molecule has 0 heterocycles. The molecule has 0 atom stereocenters. The number of halogens is 3. The van der Waals surface area contributed by atoms with Gasteiger partial charge < -0.3 is 0 Å². The second-order valence-electron chi connectivity index (χ2n) is 0.748. The van der Waals surface area contributed by atoms with Crippen LogP contribution in [-0.2, 0) is 0 Å². The summed E-state index contributed by atoms with van der Waals surface area (Å²) in [6.45, 7) is -1.57. The fourth-order valence-electron chi connectivity index (χ4n) is 0. The molecule has 0 aliphatic heterocycles. The summed E-state index contributed by atoms with van der Waals surface area (Å²) in [4.78, 5) is 0. The van der Waals surface area contributed by atoms with Crippen LogP contribution in [0.1, 0.15) is 0 Å². The van der Waals surface area contributed by atoms with Crippen LogP contribution in [0.3, 0.4) is 0 Å². The Bertz CT molecular complexity index is 40.5. The first kappa shape index (κ1) is 8.95. The third-order valence-corrected chi connectivity index (χ3v) is 12.8. The Balaban J connectivity index is 3.17. The molecule has 0 aromatic heterocycles. The zero-order valence-corrected chi connectivity index (χ0v) is 12.5. The number of nitrogens with one attached hydrogen (secondary N) is 1. The van der Waals surface area contributed by atoms with Gasteiger partial charge in [0.1, 0.15) is 0 Å². The van der Waals surface area contributed by atoms with Crippen molar-refractivity contribution < 1.29 is 0 Å². The molecule has 0 aromatic carbocycles. The van der Waals surface area contributed by atoms with Crippen LogP contribution in [0.25, 0.3) is 0 Å². The van der Waals surface area contributed by atoms with E-state index in [1.165, 1.54) is 0 Å². The van der Waals surface area contributed by atoms with Crippen LogP contribution in [0.4, 0.5) is 0 Å². The second kappa shape index (κ2) is 3.88. The molecule has 1 nitrogen and oxygen atoms in total. The van der Waals surface area contributed by atoms with Gasteiger partial charge >= 0.3 is 73.2 Å². The minimum atomic E-state index is -1.57. The van der Waals surface area contributed by atoms with Crippen molar-refractivity contribution >= 4 is 62.6 Å². The predicted octanol–water partition coefficient (Wildman–Crippen LogP) is 1.95. The predicted molar refractivity (Wildman–Crippen MR) is 56.9 cm³/mol. The fraction of sp³-hybridized carbons (Fsp3) is 1.00. The molecular weight excluding hydrogens is 525 g/mol. The van der Waals surface area contributed by atoms with Crippen molar-refractivity contribution in [3.8, 4) is 0 Å². The fourth-order valence-corrected chi connectivity index (χ4v) is 0. The first-order chi connectivity index (χ1) is 2.56. The van der Waals surface area contributed by atoms with Crippen LogP contribution in [-0.4, -0.2) is 13.8 Å². The number of hydrogen-bond donors (Lipinski definition) is 1. The molecule has 1 N–H and O–H groups in total. The Labute approximate surface area is 71.2 Å². The topological polar surface area (TPSA) is 12.0 Å². The van der Waals surface area contributed by atoms with Crippen LogP contribution in [0.15, 0.2) is 0 Å². The summed E-state index contributed by atoms with van der Waals surface area (Å²) < 4.78 is 3.27. The maximum absolute atomic E-state index is 3.27. The third-order valence-electron chi connectivity index (χ3n) is 0.283. The summed E-state index contributed by atoms with van der Waals surface area (Å²) in [5.41, 5.74) is 0. The molecular formula is CH4I3NSn. The minimum absolute atomic E-state index is 1.57. The summed E-state index contributed by atoms with van der Waals surface area (Å²) >= 11 is 7.54. The molecule has 0 rings (SSSR count). The van der Waals surface area contributed by atoms with Gasteiger partial charge in [0.15, 0.2) is 0 Å². The quantitative estimate of drug-likeness (QED) is 0.405. The van der Waals surface area contributed by atoms with E-state index in [-0.39, 0.29) is 0 Å². The van der Waals surface area contributed by atoms with Crippen LogP contribution in [0.2, 0.25) is 0 Å². The van der Waals surface area contributed by atoms with Gasteiger partial charge in [0.25, 0.3) is 0 Å². The van der Waals surface area contributed by atoms with Gasteiger partial charge in [0.05, 0.1) is 0 Å². The van der Waals surface area contributed by atoms with Crippen LogP contribution >= 0.6 is 55.9 Å². The summed E-state index contributed by atoms with van der Waals surface area (Å²) in [5, 5.41) is 0. The zero-order valence-electron chi connectivity index (χ0n) is 3.13. The van der Waals surface area contributed by atoms with E-state index < -0.39 is 6.75 Å². The standard InChI is InChI=1S/CH4N.3HI.Sn/c1-2;;;;/h2H,1H3;3*1H;/q-1;;;;+4/p-3. The first-order valence-corrected chi connectivity index (χ1v) is 27.7. The van der Waals surface area contributed by atoms with Gasteiger partial charge in [-0.2, -0.15) is 0 Å². The van der Waals surface area contributed by atoms with E-state index in [0.29, 0.717) is 0 Å². The Morgan fingerprint density at radius 3 is 1.50 bits per heavy atom. The van der Waals surface area contributed by atoms with Crippen LogP contribution in [0, 0.1) is 0 Å². The Kier molecular flexibility index (Phi) is 5.78. The number of hydrogen-bond acceptors (Lipinski definition) is 1. The Morgan fingerprint density at radius 1 is 1.33 bits per heavy atom. The van der Waals surface area contributed by atoms with Gasteiger partial charge in [-0.05, 0) is 0 Å². The summed E-state index contributed by atoms with van der Waals surface area (Å²) in [6, 6.07) is 0. The number of rotatable bonds is 1. The third kappa shape index (κ3) is 6.95. The van der Waals surface area contributed by atoms with E-state index in [1.807, 2.05) is 7.05 Å². The van der Waals surface area contributed by atoms with Crippen LogP contribution < -0.4 is 3.54 Å². The summed E-state index contributed by atoms with van der Waals surface area (Å²) in [7, 11) is 2.03. The van der Waals surface area contributed by atoms with Crippen molar-refractivity contribution in [2.75, 3.05) is 7.05 Å². The first-order valence-electron chi connectivity index (χ1n) is 1.32. The molecule has 0 fully saturated rings. The van der Waals surface area contributed by atoms with E-state index in [1.54, 1.807) is 0 Å². The molecule has 6 heavy (non-hydrogen) atoms. The molecule has 0 bridgehead atoms. The normalized spacial score (nSPS) is 12.0. The summed E-state index contributed by atoms with van der Waals surface area (Å²) in [6.07, 6.45) is 0. The van der Waals surface area contributed by atoms with Crippen molar-refractivity contribution in [2.45, 2.75) is 0 Å². The maximum atomic E-state index is 3.27. The molecule has 0 aliphatic rings. The monoisotopic (exact) mass is 531 g/mol.